The van der Waals surface area contributed by atoms with Crippen LogP contribution in [-0.2, 0) is 0 Å². The predicted octanol–water partition coefficient (Wildman–Crippen LogP) is 0.0147. The highest BCUT2D eigenvalue weighted by Crippen LogP contribution is 2.08. The van der Waals surface area contributed by atoms with E-state index in [9.17, 15) is 0 Å². The van der Waals surface area contributed by atoms with Crippen LogP contribution in [0, 0.1) is 0 Å². The minimum atomic E-state index is 0.412. The average Bonchev–Trinajstić information content (AvgIpc) is 2.33. The Morgan fingerprint density at radius 1 is 1.33 bits per heavy atom. The molecule has 0 amide bonds. The zero-order chi connectivity index (χ0) is 6.10. The maximum atomic E-state index is 4.31. The van der Waals surface area contributed by atoms with Crippen molar-refractivity contribution in [3.8, 4) is 0 Å². The van der Waals surface area contributed by atoms with Gasteiger partial charge >= 0.3 is 0 Å². The monoisotopic (exact) mass is 121 g/mol. The molecule has 1 saturated heterocycles. The van der Waals surface area contributed by atoms with Crippen LogP contribution in [0.2, 0.25) is 0 Å². The third-order valence-electron chi connectivity index (χ3n) is 1.73. The third-order valence-corrected chi connectivity index (χ3v) is 1.73. The fourth-order valence-electron chi connectivity index (χ4n) is 1.22. The standard InChI is InChI=1S/C7H9N2/c1-2-4-7-6(3-1)8-5-9-7/h1-4,6-8H,5H2. The van der Waals surface area contributed by atoms with Gasteiger partial charge in [0.15, 0.2) is 0 Å². The van der Waals surface area contributed by atoms with Gasteiger partial charge < -0.3 is 0 Å². The van der Waals surface area contributed by atoms with Gasteiger partial charge in [0.25, 0.3) is 0 Å². The van der Waals surface area contributed by atoms with E-state index in [0.717, 1.165) is 6.67 Å². The molecule has 1 radical (unpaired) electrons. The maximum absolute atomic E-state index is 4.31. The molecule has 1 heterocycles. The SMILES string of the molecule is C1=CC2[N]CNC2C=C1. The molecular weight excluding hydrogens is 112 g/mol. The van der Waals surface area contributed by atoms with E-state index in [4.69, 9.17) is 0 Å². The minimum Gasteiger partial charge on any atom is -0.295 e. The fourth-order valence-corrected chi connectivity index (χ4v) is 1.22. The molecule has 2 heteroatoms. The quantitative estimate of drug-likeness (QED) is 0.480. The molecule has 1 N–H and O–H groups in total. The van der Waals surface area contributed by atoms with Gasteiger partial charge in [0, 0.05) is 6.04 Å². The lowest BCUT2D eigenvalue weighted by molar-refractivity contribution is 0.669. The molecule has 2 aliphatic rings. The first-order chi connectivity index (χ1) is 4.47. The highest BCUT2D eigenvalue weighted by molar-refractivity contribution is 5.21. The van der Waals surface area contributed by atoms with E-state index in [1.165, 1.54) is 0 Å². The van der Waals surface area contributed by atoms with Crippen molar-refractivity contribution in [1.82, 2.24) is 10.6 Å². The van der Waals surface area contributed by atoms with Gasteiger partial charge in [0.05, 0.1) is 12.7 Å². The van der Waals surface area contributed by atoms with Crippen LogP contribution < -0.4 is 10.6 Å². The van der Waals surface area contributed by atoms with E-state index in [1.54, 1.807) is 0 Å². The molecule has 2 atom stereocenters. The van der Waals surface area contributed by atoms with Crippen LogP contribution in [0.5, 0.6) is 0 Å². The highest BCUT2D eigenvalue weighted by Gasteiger charge is 2.23. The van der Waals surface area contributed by atoms with E-state index >= 15 is 0 Å². The smallest absolute Gasteiger partial charge is 0.0636 e. The van der Waals surface area contributed by atoms with Crippen LogP contribution in [0.4, 0.5) is 0 Å². The number of nitrogens with zero attached hydrogens (tertiary/aromatic N) is 1. The van der Waals surface area contributed by atoms with Crippen molar-refractivity contribution in [2.45, 2.75) is 12.1 Å². The van der Waals surface area contributed by atoms with Crippen molar-refractivity contribution in [2.75, 3.05) is 6.67 Å². The fraction of sp³-hybridized carbons (Fsp3) is 0.429. The number of nitrogens with one attached hydrogen (secondary N) is 1. The summed E-state index contributed by atoms with van der Waals surface area (Å²) in [4.78, 5) is 0. The zero-order valence-corrected chi connectivity index (χ0v) is 5.12. The summed E-state index contributed by atoms with van der Waals surface area (Å²) in [6.07, 6.45) is 8.40. The maximum Gasteiger partial charge on any atom is 0.0636 e. The van der Waals surface area contributed by atoms with Gasteiger partial charge in [0.1, 0.15) is 0 Å². The van der Waals surface area contributed by atoms with Gasteiger partial charge in [-0.1, -0.05) is 24.3 Å². The minimum absolute atomic E-state index is 0.412. The molecule has 2 rings (SSSR count). The van der Waals surface area contributed by atoms with Gasteiger partial charge in [-0.05, 0) is 0 Å². The normalized spacial score (nSPS) is 39.1. The summed E-state index contributed by atoms with van der Waals surface area (Å²) < 4.78 is 0. The molecule has 47 valence electrons. The van der Waals surface area contributed by atoms with Gasteiger partial charge in [0.2, 0.25) is 0 Å². The average molecular weight is 121 g/mol. The van der Waals surface area contributed by atoms with Crippen LogP contribution in [0.1, 0.15) is 0 Å². The van der Waals surface area contributed by atoms with Crippen LogP contribution in [-0.4, -0.2) is 18.8 Å². The van der Waals surface area contributed by atoms with Crippen LogP contribution >= 0.6 is 0 Å². The molecule has 1 aliphatic heterocycles. The molecule has 2 nitrogen and oxygen atoms in total. The van der Waals surface area contributed by atoms with Crippen LogP contribution in [0.25, 0.3) is 0 Å². The number of allylic oxidation sites excluding steroid dienone is 2. The topological polar surface area (TPSA) is 26.1 Å². The Kier molecular flexibility index (Phi) is 1.14. The lowest BCUT2D eigenvalue weighted by atomic mass is 10.1. The molecule has 2 unspecified atom stereocenters. The second-order valence-corrected chi connectivity index (χ2v) is 2.33. The first kappa shape index (κ1) is 5.21. The Morgan fingerprint density at radius 2 is 2.22 bits per heavy atom. The summed E-state index contributed by atoms with van der Waals surface area (Å²) in [7, 11) is 0. The van der Waals surface area contributed by atoms with Crippen molar-refractivity contribution < 1.29 is 0 Å². The number of rotatable bonds is 0. The first-order valence-corrected chi connectivity index (χ1v) is 3.22. The lowest BCUT2D eigenvalue weighted by Gasteiger charge is -2.12. The summed E-state index contributed by atoms with van der Waals surface area (Å²) in [5.74, 6) is 0. The number of hydrogen-bond acceptors (Lipinski definition) is 1. The molecule has 0 aromatic heterocycles. The molecule has 0 spiro atoms. The second-order valence-electron chi connectivity index (χ2n) is 2.33. The van der Waals surface area contributed by atoms with Gasteiger partial charge in [-0.15, -0.1) is 0 Å². The largest absolute Gasteiger partial charge is 0.295 e. The van der Waals surface area contributed by atoms with Gasteiger partial charge in [-0.2, -0.15) is 0 Å². The van der Waals surface area contributed by atoms with E-state index in [-0.39, 0.29) is 0 Å². The Morgan fingerprint density at radius 3 is 3.11 bits per heavy atom. The summed E-state index contributed by atoms with van der Waals surface area (Å²) in [6.45, 7) is 0.810. The van der Waals surface area contributed by atoms with Gasteiger partial charge in [-0.25, -0.2) is 5.32 Å². The van der Waals surface area contributed by atoms with Crippen molar-refractivity contribution in [3.63, 3.8) is 0 Å². The molecule has 1 aliphatic carbocycles. The Labute approximate surface area is 54.6 Å². The van der Waals surface area contributed by atoms with E-state index in [2.05, 4.69) is 34.9 Å². The first-order valence-electron chi connectivity index (χ1n) is 3.22. The molecule has 0 aromatic rings. The molecular formula is C7H9N2. The second kappa shape index (κ2) is 1.97. The number of hydrogen-bond donors (Lipinski definition) is 1. The van der Waals surface area contributed by atoms with Crippen LogP contribution in [0.3, 0.4) is 0 Å². The Bertz CT molecular complexity index is 142. The van der Waals surface area contributed by atoms with Crippen LogP contribution in [0.15, 0.2) is 24.3 Å². The summed E-state index contributed by atoms with van der Waals surface area (Å²) in [5.41, 5.74) is 0. The summed E-state index contributed by atoms with van der Waals surface area (Å²) in [5, 5.41) is 7.56. The molecule has 0 bridgehead atoms. The summed E-state index contributed by atoms with van der Waals surface area (Å²) in [6, 6.07) is 0.894. The Balaban J connectivity index is 2.18. The van der Waals surface area contributed by atoms with Crippen molar-refractivity contribution >= 4 is 0 Å². The number of fused-ring (bicyclic) bond motifs is 1. The Hall–Kier alpha value is -0.600. The molecule has 0 aromatic carbocycles. The highest BCUT2D eigenvalue weighted by atomic mass is 15.2. The molecule has 9 heavy (non-hydrogen) atoms. The zero-order valence-electron chi connectivity index (χ0n) is 5.12. The predicted molar refractivity (Wildman–Crippen MR) is 36.0 cm³/mol. The summed E-state index contributed by atoms with van der Waals surface area (Å²) >= 11 is 0. The van der Waals surface area contributed by atoms with Gasteiger partial charge in [-0.3, -0.25) is 5.32 Å². The third kappa shape index (κ3) is 0.802. The van der Waals surface area contributed by atoms with Crippen molar-refractivity contribution in [2.24, 2.45) is 0 Å². The van der Waals surface area contributed by atoms with E-state index in [0.29, 0.717) is 12.1 Å². The van der Waals surface area contributed by atoms with E-state index in [1.807, 2.05) is 0 Å². The molecule has 0 saturated carbocycles. The van der Waals surface area contributed by atoms with Crippen molar-refractivity contribution in [3.05, 3.63) is 24.3 Å². The lowest BCUT2D eigenvalue weighted by Crippen LogP contribution is -2.29. The van der Waals surface area contributed by atoms with Crippen molar-refractivity contribution in [1.29, 1.82) is 0 Å². The molecule has 1 fully saturated rings. The van der Waals surface area contributed by atoms with E-state index < -0.39 is 0 Å².